The van der Waals surface area contributed by atoms with Gasteiger partial charge in [0.2, 0.25) is 0 Å². The fourth-order valence-corrected chi connectivity index (χ4v) is 1.76. The average Bonchev–Trinajstić information content (AvgIpc) is 2.11. The standard InChI is InChI=1S/C6H14N4S2/c1-9-5(7)11-3-4-12-6(8)10-2/h3-4H2,1-2H3,(H2,7,9)(H2,8,10). The van der Waals surface area contributed by atoms with Gasteiger partial charge in [-0.05, 0) is 0 Å². The Labute approximate surface area is 81.3 Å². The molecule has 6 heteroatoms. The van der Waals surface area contributed by atoms with E-state index in [4.69, 9.17) is 11.5 Å². The zero-order chi connectivity index (χ0) is 9.40. The SMILES string of the molecule is CN=C(N)SCCSC(N)=NC. The van der Waals surface area contributed by atoms with E-state index < -0.39 is 0 Å². The maximum absolute atomic E-state index is 5.46. The summed E-state index contributed by atoms with van der Waals surface area (Å²) < 4.78 is 0. The predicted octanol–water partition coefficient (Wildman–Crippen LogP) is 0.342. The summed E-state index contributed by atoms with van der Waals surface area (Å²) in [6, 6.07) is 0. The van der Waals surface area contributed by atoms with Crippen LogP contribution in [0.1, 0.15) is 0 Å². The van der Waals surface area contributed by atoms with Gasteiger partial charge in [-0.15, -0.1) is 0 Å². The van der Waals surface area contributed by atoms with Gasteiger partial charge in [-0.3, -0.25) is 9.98 Å². The Morgan fingerprint density at radius 1 is 1.00 bits per heavy atom. The van der Waals surface area contributed by atoms with Gasteiger partial charge < -0.3 is 11.5 Å². The molecule has 0 saturated heterocycles. The Bertz CT molecular complexity index is 158. The number of amidine groups is 2. The molecule has 0 heterocycles. The molecule has 0 radical (unpaired) electrons. The first-order valence-corrected chi connectivity index (χ1v) is 5.38. The third-order valence-corrected chi connectivity index (χ3v) is 3.06. The van der Waals surface area contributed by atoms with Crippen LogP contribution in [-0.4, -0.2) is 35.9 Å². The summed E-state index contributed by atoms with van der Waals surface area (Å²) in [6.07, 6.45) is 0. The van der Waals surface area contributed by atoms with Crippen LogP contribution in [0, 0.1) is 0 Å². The average molecular weight is 206 g/mol. The van der Waals surface area contributed by atoms with E-state index in [1.165, 1.54) is 23.5 Å². The number of nitrogens with zero attached hydrogens (tertiary/aromatic N) is 2. The van der Waals surface area contributed by atoms with E-state index in [0.717, 1.165) is 11.5 Å². The van der Waals surface area contributed by atoms with Gasteiger partial charge in [0, 0.05) is 25.6 Å². The van der Waals surface area contributed by atoms with Crippen molar-refractivity contribution in [2.24, 2.45) is 21.5 Å². The van der Waals surface area contributed by atoms with Gasteiger partial charge >= 0.3 is 0 Å². The maximum Gasteiger partial charge on any atom is 0.153 e. The second kappa shape index (κ2) is 7.30. The van der Waals surface area contributed by atoms with Crippen molar-refractivity contribution >= 4 is 33.9 Å². The molecule has 0 saturated carbocycles. The second-order valence-corrected chi connectivity index (χ2v) is 4.05. The number of aliphatic imine (C=N–C) groups is 2. The smallest absolute Gasteiger partial charge is 0.153 e. The molecular weight excluding hydrogens is 192 g/mol. The van der Waals surface area contributed by atoms with Gasteiger partial charge in [0.1, 0.15) is 0 Å². The monoisotopic (exact) mass is 206 g/mol. The van der Waals surface area contributed by atoms with Crippen LogP contribution < -0.4 is 11.5 Å². The van der Waals surface area contributed by atoms with Gasteiger partial charge in [0.05, 0.1) is 0 Å². The zero-order valence-electron chi connectivity index (χ0n) is 7.28. The third kappa shape index (κ3) is 6.36. The second-order valence-electron chi connectivity index (χ2n) is 1.82. The highest BCUT2D eigenvalue weighted by Crippen LogP contribution is 2.06. The van der Waals surface area contributed by atoms with Crippen LogP contribution in [0.25, 0.3) is 0 Å². The van der Waals surface area contributed by atoms with Crippen LogP contribution in [0.5, 0.6) is 0 Å². The molecule has 0 aromatic rings. The molecule has 0 aliphatic heterocycles. The molecule has 4 N–H and O–H groups in total. The normalized spacial score (nSPS) is 13.5. The van der Waals surface area contributed by atoms with E-state index in [1.54, 1.807) is 14.1 Å². The summed E-state index contributed by atoms with van der Waals surface area (Å²) in [4.78, 5) is 7.62. The first-order valence-electron chi connectivity index (χ1n) is 3.40. The lowest BCUT2D eigenvalue weighted by atomic mass is 11.0. The molecule has 0 rings (SSSR count). The molecular formula is C6H14N4S2. The van der Waals surface area contributed by atoms with Gasteiger partial charge in [-0.2, -0.15) is 0 Å². The minimum absolute atomic E-state index is 0.614. The third-order valence-electron chi connectivity index (χ3n) is 1.02. The molecule has 0 bridgehead atoms. The Morgan fingerprint density at radius 2 is 1.33 bits per heavy atom. The fraction of sp³-hybridized carbons (Fsp3) is 0.667. The highest BCUT2D eigenvalue weighted by Gasteiger charge is 1.94. The first-order chi connectivity index (χ1) is 5.70. The summed E-state index contributed by atoms with van der Waals surface area (Å²) in [5, 5.41) is 1.23. The van der Waals surface area contributed by atoms with Crippen LogP contribution >= 0.6 is 23.5 Å². The quantitative estimate of drug-likeness (QED) is 0.397. The van der Waals surface area contributed by atoms with E-state index in [-0.39, 0.29) is 0 Å². The van der Waals surface area contributed by atoms with E-state index in [0.29, 0.717) is 10.3 Å². The maximum atomic E-state index is 5.46. The minimum atomic E-state index is 0.614. The van der Waals surface area contributed by atoms with Crippen molar-refractivity contribution in [1.82, 2.24) is 0 Å². The Hall–Kier alpha value is -0.360. The van der Waals surface area contributed by atoms with Crippen molar-refractivity contribution in [2.75, 3.05) is 25.6 Å². The number of nitrogens with two attached hydrogens (primary N) is 2. The lowest BCUT2D eigenvalue weighted by Crippen LogP contribution is -2.10. The highest BCUT2D eigenvalue weighted by molar-refractivity contribution is 8.17. The van der Waals surface area contributed by atoms with Crippen molar-refractivity contribution in [3.63, 3.8) is 0 Å². The topological polar surface area (TPSA) is 76.8 Å². The van der Waals surface area contributed by atoms with E-state index in [2.05, 4.69) is 9.98 Å². The van der Waals surface area contributed by atoms with Crippen LogP contribution in [0.3, 0.4) is 0 Å². The van der Waals surface area contributed by atoms with Crippen LogP contribution in [0.15, 0.2) is 9.98 Å². The van der Waals surface area contributed by atoms with Gasteiger partial charge in [0.25, 0.3) is 0 Å². The van der Waals surface area contributed by atoms with Crippen LogP contribution in [0.2, 0.25) is 0 Å². The Morgan fingerprint density at radius 3 is 1.58 bits per heavy atom. The Balaban J connectivity index is 3.34. The van der Waals surface area contributed by atoms with Crippen molar-refractivity contribution in [3.05, 3.63) is 0 Å². The number of thioether (sulfide) groups is 2. The summed E-state index contributed by atoms with van der Waals surface area (Å²) in [7, 11) is 3.36. The molecule has 0 amide bonds. The van der Waals surface area contributed by atoms with E-state index >= 15 is 0 Å². The molecule has 4 nitrogen and oxygen atoms in total. The molecule has 70 valence electrons. The van der Waals surface area contributed by atoms with Crippen molar-refractivity contribution in [2.45, 2.75) is 0 Å². The van der Waals surface area contributed by atoms with E-state index in [1.807, 2.05) is 0 Å². The lowest BCUT2D eigenvalue weighted by Gasteiger charge is -1.99. The van der Waals surface area contributed by atoms with Crippen LogP contribution in [-0.2, 0) is 0 Å². The van der Waals surface area contributed by atoms with E-state index in [9.17, 15) is 0 Å². The molecule has 0 aliphatic carbocycles. The molecule has 0 unspecified atom stereocenters. The summed E-state index contributed by atoms with van der Waals surface area (Å²) in [5.41, 5.74) is 10.9. The van der Waals surface area contributed by atoms with Crippen molar-refractivity contribution < 1.29 is 0 Å². The van der Waals surface area contributed by atoms with Gasteiger partial charge in [-0.1, -0.05) is 23.5 Å². The largest absolute Gasteiger partial charge is 0.379 e. The van der Waals surface area contributed by atoms with Crippen molar-refractivity contribution in [1.29, 1.82) is 0 Å². The number of hydrogen-bond acceptors (Lipinski definition) is 4. The molecule has 0 fully saturated rings. The zero-order valence-corrected chi connectivity index (χ0v) is 8.91. The molecule has 12 heavy (non-hydrogen) atoms. The van der Waals surface area contributed by atoms with Gasteiger partial charge in [0.15, 0.2) is 10.3 Å². The summed E-state index contributed by atoms with van der Waals surface area (Å²) >= 11 is 3.05. The lowest BCUT2D eigenvalue weighted by molar-refractivity contribution is 1.43. The molecule has 0 atom stereocenters. The number of rotatable bonds is 3. The van der Waals surface area contributed by atoms with Crippen molar-refractivity contribution in [3.8, 4) is 0 Å². The summed E-state index contributed by atoms with van der Waals surface area (Å²) in [6.45, 7) is 0. The number of hydrogen-bond donors (Lipinski definition) is 2. The van der Waals surface area contributed by atoms with Gasteiger partial charge in [-0.25, -0.2) is 0 Å². The predicted molar refractivity (Wildman–Crippen MR) is 60.0 cm³/mol. The minimum Gasteiger partial charge on any atom is -0.379 e. The highest BCUT2D eigenvalue weighted by atomic mass is 32.2. The van der Waals surface area contributed by atoms with Crippen LogP contribution in [0.4, 0.5) is 0 Å². The molecule has 0 aromatic carbocycles. The summed E-state index contributed by atoms with van der Waals surface area (Å²) in [5.74, 6) is 1.81. The fourth-order valence-electron chi connectivity index (χ4n) is 0.422. The molecule has 0 aromatic heterocycles. The Kier molecular flexibility index (Phi) is 7.08. The molecule has 0 spiro atoms. The first kappa shape index (κ1) is 11.6. The molecule has 0 aliphatic rings.